The average Bonchev–Trinajstić information content (AvgIpc) is 2.53. The molecule has 0 aliphatic carbocycles. The molecule has 1 aliphatic rings. The van der Waals surface area contributed by atoms with E-state index in [9.17, 15) is 9.59 Å². The molecule has 0 spiro atoms. The maximum Gasteiger partial charge on any atom is 0.335 e. The van der Waals surface area contributed by atoms with E-state index in [0.717, 1.165) is 37.9 Å². The second-order valence-corrected chi connectivity index (χ2v) is 5.66. The van der Waals surface area contributed by atoms with Gasteiger partial charge in [-0.2, -0.15) is 0 Å². The summed E-state index contributed by atoms with van der Waals surface area (Å²) in [6, 6.07) is 6.40. The molecule has 1 saturated heterocycles. The van der Waals surface area contributed by atoms with Crippen LogP contribution >= 0.6 is 0 Å². The molecule has 1 aromatic carbocycles. The predicted molar refractivity (Wildman–Crippen MR) is 82.9 cm³/mol. The number of carboxylic acid groups (broad SMARTS) is 1. The highest BCUT2D eigenvalue weighted by molar-refractivity contribution is 5.87. The van der Waals surface area contributed by atoms with Crippen molar-refractivity contribution in [3.63, 3.8) is 0 Å². The topological polar surface area (TPSA) is 75.6 Å². The molecule has 0 bridgehead atoms. The van der Waals surface area contributed by atoms with E-state index in [2.05, 4.69) is 5.32 Å². The SMILES string of the molecule is O=C(Cc1ccc(C(=O)O)cc1)NCCCC1CCCCO1. The van der Waals surface area contributed by atoms with Crippen LogP contribution in [0.3, 0.4) is 0 Å². The van der Waals surface area contributed by atoms with Crippen LogP contribution in [0.5, 0.6) is 0 Å². The molecule has 120 valence electrons. The van der Waals surface area contributed by atoms with Crippen molar-refractivity contribution in [3.8, 4) is 0 Å². The third-order valence-corrected chi connectivity index (χ3v) is 3.86. The van der Waals surface area contributed by atoms with Crippen molar-refractivity contribution in [1.82, 2.24) is 5.32 Å². The first kappa shape index (κ1) is 16.5. The van der Waals surface area contributed by atoms with Crippen molar-refractivity contribution in [1.29, 1.82) is 0 Å². The third-order valence-electron chi connectivity index (χ3n) is 3.86. The number of amides is 1. The highest BCUT2D eigenvalue weighted by Gasteiger charge is 2.13. The standard InChI is InChI=1S/C17H23NO4/c19-16(12-13-6-8-14(9-7-13)17(20)21)18-10-3-5-15-4-1-2-11-22-15/h6-9,15H,1-5,10-12H2,(H,18,19)(H,20,21). The minimum absolute atomic E-state index is 0.0346. The van der Waals surface area contributed by atoms with Crippen LogP contribution in [-0.2, 0) is 16.0 Å². The molecule has 0 aromatic heterocycles. The van der Waals surface area contributed by atoms with Gasteiger partial charge in [0.15, 0.2) is 0 Å². The number of carboxylic acids is 1. The normalized spacial score (nSPS) is 17.9. The van der Waals surface area contributed by atoms with E-state index < -0.39 is 5.97 Å². The highest BCUT2D eigenvalue weighted by atomic mass is 16.5. The molecule has 1 fully saturated rings. The molecule has 5 heteroatoms. The predicted octanol–water partition coefficient (Wildman–Crippen LogP) is 2.39. The van der Waals surface area contributed by atoms with Gasteiger partial charge >= 0.3 is 5.97 Å². The van der Waals surface area contributed by atoms with Gasteiger partial charge in [-0.3, -0.25) is 4.79 Å². The van der Waals surface area contributed by atoms with E-state index in [4.69, 9.17) is 9.84 Å². The first-order chi connectivity index (χ1) is 10.6. The quantitative estimate of drug-likeness (QED) is 0.758. The molecule has 1 amide bonds. The van der Waals surface area contributed by atoms with Crippen molar-refractivity contribution < 1.29 is 19.4 Å². The Hall–Kier alpha value is -1.88. The molecule has 1 unspecified atom stereocenters. The number of carbonyl (C=O) groups is 2. The number of hydrogen-bond donors (Lipinski definition) is 2. The number of rotatable bonds is 7. The van der Waals surface area contributed by atoms with E-state index >= 15 is 0 Å². The molecule has 0 saturated carbocycles. The van der Waals surface area contributed by atoms with E-state index in [1.54, 1.807) is 12.1 Å². The smallest absolute Gasteiger partial charge is 0.335 e. The summed E-state index contributed by atoms with van der Waals surface area (Å²) in [5.41, 5.74) is 1.05. The second-order valence-electron chi connectivity index (χ2n) is 5.66. The summed E-state index contributed by atoms with van der Waals surface area (Å²) in [5, 5.41) is 11.7. The van der Waals surface area contributed by atoms with Gasteiger partial charge in [0.05, 0.1) is 18.1 Å². The number of ether oxygens (including phenoxy) is 1. The van der Waals surface area contributed by atoms with Crippen LogP contribution in [0.1, 0.15) is 48.0 Å². The van der Waals surface area contributed by atoms with Crippen molar-refractivity contribution in [2.24, 2.45) is 0 Å². The fraction of sp³-hybridized carbons (Fsp3) is 0.529. The summed E-state index contributed by atoms with van der Waals surface area (Å²) in [7, 11) is 0. The van der Waals surface area contributed by atoms with Gasteiger partial charge in [0.1, 0.15) is 0 Å². The lowest BCUT2D eigenvalue weighted by Crippen LogP contribution is -2.27. The monoisotopic (exact) mass is 305 g/mol. The Morgan fingerprint density at radius 2 is 2.00 bits per heavy atom. The van der Waals surface area contributed by atoms with E-state index in [-0.39, 0.29) is 17.9 Å². The Balaban J connectivity index is 1.63. The maximum atomic E-state index is 11.8. The first-order valence-corrected chi connectivity index (χ1v) is 7.85. The number of hydrogen-bond acceptors (Lipinski definition) is 3. The number of carbonyl (C=O) groups excluding carboxylic acids is 1. The molecule has 1 atom stereocenters. The van der Waals surface area contributed by atoms with Crippen LogP contribution in [0, 0.1) is 0 Å². The van der Waals surface area contributed by atoms with Gasteiger partial charge in [0.2, 0.25) is 5.91 Å². The summed E-state index contributed by atoms with van der Waals surface area (Å²) >= 11 is 0. The minimum atomic E-state index is -0.957. The summed E-state index contributed by atoms with van der Waals surface area (Å²) < 4.78 is 5.65. The van der Waals surface area contributed by atoms with E-state index in [0.29, 0.717) is 12.6 Å². The van der Waals surface area contributed by atoms with E-state index in [1.165, 1.54) is 18.6 Å². The Morgan fingerprint density at radius 1 is 1.23 bits per heavy atom. The summed E-state index contributed by atoms with van der Waals surface area (Å²) in [5.74, 6) is -0.992. The average molecular weight is 305 g/mol. The van der Waals surface area contributed by atoms with Gasteiger partial charge in [0.25, 0.3) is 0 Å². The molecule has 1 heterocycles. The van der Waals surface area contributed by atoms with Crippen molar-refractivity contribution >= 4 is 11.9 Å². The van der Waals surface area contributed by atoms with Crippen molar-refractivity contribution in [3.05, 3.63) is 35.4 Å². The summed E-state index contributed by atoms with van der Waals surface area (Å²) in [6.45, 7) is 1.52. The van der Waals surface area contributed by atoms with Crippen LogP contribution in [0.25, 0.3) is 0 Å². The third kappa shape index (κ3) is 5.48. The molecule has 0 radical (unpaired) electrons. The second kappa shape index (κ2) is 8.54. The molecule has 22 heavy (non-hydrogen) atoms. The lowest BCUT2D eigenvalue weighted by atomic mass is 10.0. The van der Waals surface area contributed by atoms with Crippen LogP contribution in [0.4, 0.5) is 0 Å². The fourth-order valence-electron chi connectivity index (χ4n) is 2.61. The zero-order valence-electron chi connectivity index (χ0n) is 12.7. The Bertz CT molecular complexity index is 492. The molecule has 2 N–H and O–H groups in total. The van der Waals surface area contributed by atoms with E-state index in [1.807, 2.05) is 0 Å². The van der Waals surface area contributed by atoms with Gasteiger partial charge in [-0.05, 0) is 49.8 Å². The van der Waals surface area contributed by atoms with Crippen molar-refractivity contribution in [2.45, 2.75) is 44.6 Å². The molecular formula is C17H23NO4. The zero-order valence-corrected chi connectivity index (χ0v) is 12.7. The molecule has 2 rings (SSSR count). The van der Waals surface area contributed by atoms with Crippen LogP contribution in [-0.4, -0.2) is 36.2 Å². The molecular weight excluding hydrogens is 282 g/mol. The van der Waals surface area contributed by atoms with Crippen LogP contribution in [0.2, 0.25) is 0 Å². The van der Waals surface area contributed by atoms with Crippen molar-refractivity contribution in [2.75, 3.05) is 13.2 Å². The minimum Gasteiger partial charge on any atom is -0.478 e. The Morgan fingerprint density at radius 3 is 2.64 bits per heavy atom. The summed E-state index contributed by atoms with van der Waals surface area (Å²) in [4.78, 5) is 22.6. The highest BCUT2D eigenvalue weighted by Crippen LogP contribution is 2.16. The molecule has 5 nitrogen and oxygen atoms in total. The lowest BCUT2D eigenvalue weighted by molar-refractivity contribution is -0.120. The first-order valence-electron chi connectivity index (χ1n) is 7.85. The lowest BCUT2D eigenvalue weighted by Gasteiger charge is -2.22. The Labute approximate surface area is 130 Å². The van der Waals surface area contributed by atoms with Gasteiger partial charge in [-0.1, -0.05) is 12.1 Å². The zero-order chi connectivity index (χ0) is 15.8. The Kier molecular flexibility index (Phi) is 6.40. The number of benzene rings is 1. The van der Waals surface area contributed by atoms with Gasteiger partial charge < -0.3 is 15.2 Å². The van der Waals surface area contributed by atoms with Crippen LogP contribution < -0.4 is 5.32 Å². The fourth-order valence-corrected chi connectivity index (χ4v) is 2.61. The molecule has 1 aliphatic heterocycles. The summed E-state index contributed by atoms with van der Waals surface area (Å²) in [6.07, 6.45) is 6.08. The largest absolute Gasteiger partial charge is 0.478 e. The molecule has 1 aromatic rings. The van der Waals surface area contributed by atoms with Gasteiger partial charge in [-0.25, -0.2) is 4.79 Å². The van der Waals surface area contributed by atoms with Crippen LogP contribution in [0.15, 0.2) is 24.3 Å². The number of nitrogens with one attached hydrogen (secondary N) is 1. The number of aromatic carboxylic acids is 1. The van der Waals surface area contributed by atoms with Gasteiger partial charge in [-0.15, -0.1) is 0 Å². The van der Waals surface area contributed by atoms with Gasteiger partial charge in [0, 0.05) is 13.2 Å². The maximum absolute atomic E-state index is 11.8.